The average Bonchev–Trinajstić information content (AvgIpc) is 2.31. The van der Waals surface area contributed by atoms with Crippen molar-refractivity contribution in [2.45, 2.75) is 20.0 Å². The Balaban J connectivity index is 2.64. The second kappa shape index (κ2) is 6.37. The van der Waals surface area contributed by atoms with Gasteiger partial charge in [0.1, 0.15) is 0 Å². The van der Waals surface area contributed by atoms with Crippen LogP contribution in [0.25, 0.3) is 0 Å². The highest BCUT2D eigenvalue weighted by atomic mass is 35.5. The summed E-state index contributed by atoms with van der Waals surface area (Å²) in [5.41, 5.74) is 1.18. The average molecular weight is 271 g/mol. The van der Waals surface area contributed by atoms with E-state index in [1.54, 1.807) is 25.1 Å². The van der Waals surface area contributed by atoms with Gasteiger partial charge >= 0.3 is 11.8 Å². The van der Waals surface area contributed by atoms with Crippen molar-refractivity contribution in [2.75, 3.05) is 11.9 Å². The Morgan fingerprint density at radius 1 is 1.39 bits per heavy atom. The van der Waals surface area contributed by atoms with Gasteiger partial charge in [0, 0.05) is 17.3 Å². The normalized spacial score (nSPS) is 11.8. The van der Waals surface area contributed by atoms with Crippen molar-refractivity contribution in [3.05, 3.63) is 28.8 Å². The number of aliphatic hydroxyl groups is 1. The number of nitrogens with one attached hydrogen (secondary N) is 2. The topological polar surface area (TPSA) is 78.4 Å². The van der Waals surface area contributed by atoms with Gasteiger partial charge in [0.2, 0.25) is 0 Å². The third-order valence-corrected chi connectivity index (χ3v) is 2.69. The van der Waals surface area contributed by atoms with Crippen molar-refractivity contribution in [1.82, 2.24) is 5.32 Å². The van der Waals surface area contributed by atoms with Crippen molar-refractivity contribution < 1.29 is 14.7 Å². The molecule has 0 saturated carbocycles. The maximum atomic E-state index is 11.5. The maximum Gasteiger partial charge on any atom is 0.313 e. The fraction of sp³-hybridized carbons (Fsp3) is 0.333. The maximum absolute atomic E-state index is 11.5. The lowest BCUT2D eigenvalue weighted by Crippen LogP contribution is -2.38. The summed E-state index contributed by atoms with van der Waals surface area (Å²) in [4.78, 5) is 22.9. The number of amides is 2. The first-order chi connectivity index (χ1) is 8.41. The zero-order valence-electron chi connectivity index (χ0n) is 10.2. The highest BCUT2D eigenvalue weighted by molar-refractivity contribution is 6.40. The van der Waals surface area contributed by atoms with Gasteiger partial charge < -0.3 is 15.7 Å². The van der Waals surface area contributed by atoms with Gasteiger partial charge in [-0.2, -0.15) is 0 Å². The number of hydrogen-bond donors (Lipinski definition) is 3. The number of rotatable bonds is 3. The minimum absolute atomic E-state index is 0.0286. The minimum Gasteiger partial charge on any atom is -0.392 e. The molecule has 0 fully saturated rings. The molecule has 0 aliphatic carbocycles. The quantitative estimate of drug-likeness (QED) is 0.720. The summed E-state index contributed by atoms with van der Waals surface area (Å²) >= 11 is 5.89. The van der Waals surface area contributed by atoms with E-state index >= 15 is 0 Å². The van der Waals surface area contributed by atoms with Gasteiger partial charge in [0.15, 0.2) is 0 Å². The summed E-state index contributed by atoms with van der Waals surface area (Å²) in [6, 6.07) is 5.03. The lowest BCUT2D eigenvalue weighted by Gasteiger charge is -2.10. The third-order valence-electron chi connectivity index (χ3n) is 2.28. The Labute approximate surface area is 110 Å². The summed E-state index contributed by atoms with van der Waals surface area (Å²) in [5, 5.41) is 14.3. The molecule has 5 nitrogen and oxygen atoms in total. The van der Waals surface area contributed by atoms with Gasteiger partial charge in [-0.15, -0.1) is 0 Å². The van der Waals surface area contributed by atoms with Gasteiger partial charge in [-0.3, -0.25) is 9.59 Å². The lowest BCUT2D eigenvalue weighted by molar-refractivity contribution is -0.136. The van der Waals surface area contributed by atoms with E-state index in [-0.39, 0.29) is 6.54 Å². The van der Waals surface area contributed by atoms with Crippen molar-refractivity contribution >= 4 is 29.1 Å². The SMILES string of the molecule is Cc1c(Cl)cccc1NC(=O)C(=O)NC[C@H](C)O. The van der Waals surface area contributed by atoms with E-state index in [4.69, 9.17) is 16.7 Å². The van der Waals surface area contributed by atoms with E-state index < -0.39 is 17.9 Å². The van der Waals surface area contributed by atoms with E-state index in [0.29, 0.717) is 16.3 Å². The smallest absolute Gasteiger partial charge is 0.313 e. The molecule has 0 aliphatic heterocycles. The lowest BCUT2D eigenvalue weighted by atomic mass is 10.2. The summed E-state index contributed by atoms with van der Waals surface area (Å²) in [5.74, 6) is -1.59. The van der Waals surface area contributed by atoms with Crippen LogP contribution in [0.2, 0.25) is 5.02 Å². The molecule has 3 N–H and O–H groups in total. The van der Waals surface area contributed by atoms with Crippen LogP contribution in [0.15, 0.2) is 18.2 Å². The van der Waals surface area contributed by atoms with Crippen LogP contribution in [0, 0.1) is 6.92 Å². The van der Waals surface area contributed by atoms with Crippen LogP contribution in [0.1, 0.15) is 12.5 Å². The van der Waals surface area contributed by atoms with Gasteiger partial charge in [0.25, 0.3) is 0 Å². The second-order valence-electron chi connectivity index (χ2n) is 3.93. The first-order valence-electron chi connectivity index (χ1n) is 5.44. The van der Waals surface area contributed by atoms with Crippen LogP contribution in [0.3, 0.4) is 0 Å². The molecule has 0 radical (unpaired) electrons. The molecule has 0 spiro atoms. The van der Waals surface area contributed by atoms with E-state index in [9.17, 15) is 9.59 Å². The summed E-state index contributed by atoms with van der Waals surface area (Å²) in [6.07, 6.45) is -0.699. The highest BCUT2D eigenvalue weighted by Gasteiger charge is 2.15. The van der Waals surface area contributed by atoms with Crippen molar-refractivity contribution in [3.63, 3.8) is 0 Å². The van der Waals surface area contributed by atoms with Gasteiger partial charge in [-0.1, -0.05) is 17.7 Å². The molecule has 0 heterocycles. The molecular weight excluding hydrogens is 256 g/mol. The van der Waals surface area contributed by atoms with E-state index in [1.807, 2.05) is 0 Å². The fourth-order valence-corrected chi connectivity index (χ4v) is 1.42. The first kappa shape index (κ1) is 14.5. The predicted molar refractivity (Wildman–Crippen MR) is 69.5 cm³/mol. The number of carbonyl (C=O) groups is 2. The van der Waals surface area contributed by atoms with E-state index in [0.717, 1.165) is 0 Å². The molecule has 1 aromatic rings. The molecule has 0 aromatic heterocycles. The Hall–Kier alpha value is -1.59. The summed E-state index contributed by atoms with van der Waals surface area (Å²) in [6.45, 7) is 3.28. The van der Waals surface area contributed by atoms with E-state index in [2.05, 4.69) is 10.6 Å². The predicted octanol–water partition coefficient (Wildman–Crippen LogP) is 1.08. The minimum atomic E-state index is -0.796. The molecule has 1 rings (SSSR count). The molecular formula is C12H15ClN2O3. The Bertz CT molecular complexity index is 461. The van der Waals surface area contributed by atoms with Gasteiger partial charge in [0.05, 0.1) is 6.10 Å². The molecule has 0 aliphatic rings. The third kappa shape index (κ3) is 4.01. The Kier molecular flexibility index (Phi) is 5.12. The fourth-order valence-electron chi connectivity index (χ4n) is 1.24. The molecule has 0 unspecified atom stereocenters. The van der Waals surface area contributed by atoms with Crippen molar-refractivity contribution in [2.24, 2.45) is 0 Å². The molecule has 6 heteroatoms. The molecule has 18 heavy (non-hydrogen) atoms. The first-order valence-corrected chi connectivity index (χ1v) is 5.82. The number of anilines is 1. The zero-order chi connectivity index (χ0) is 13.7. The second-order valence-corrected chi connectivity index (χ2v) is 4.33. The zero-order valence-corrected chi connectivity index (χ0v) is 10.9. The number of halogens is 1. The van der Waals surface area contributed by atoms with Crippen molar-refractivity contribution in [1.29, 1.82) is 0 Å². The molecule has 98 valence electrons. The van der Waals surface area contributed by atoms with Gasteiger partial charge in [-0.25, -0.2) is 0 Å². The molecule has 1 atom stereocenters. The Morgan fingerprint density at radius 3 is 2.67 bits per heavy atom. The summed E-state index contributed by atoms with van der Waals surface area (Å²) < 4.78 is 0. The molecule has 1 aromatic carbocycles. The van der Waals surface area contributed by atoms with Crippen LogP contribution in [-0.2, 0) is 9.59 Å². The van der Waals surface area contributed by atoms with Crippen LogP contribution < -0.4 is 10.6 Å². The van der Waals surface area contributed by atoms with Crippen LogP contribution in [0.5, 0.6) is 0 Å². The number of hydrogen-bond acceptors (Lipinski definition) is 3. The number of carbonyl (C=O) groups excluding carboxylic acids is 2. The van der Waals surface area contributed by atoms with Crippen molar-refractivity contribution in [3.8, 4) is 0 Å². The van der Waals surface area contributed by atoms with Crippen LogP contribution in [0.4, 0.5) is 5.69 Å². The Morgan fingerprint density at radius 2 is 2.06 bits per heavy atom. The largest absolute Gasteiger partial charge is 0.392 e. The highest BCUT2D eigenvalue weighted by Crippen LogP contribution is 2.22. The van der Waals surface area contributed by atoms with Crippen LogP contribution in [-0.4, -0.2) is 29.6 Å². The molecule has 0 saturated heterocycles. The number of aliphatic hydroxyl groups excluding tert-OH is 1. The monoisotopic (exact) mass is 270 g/mol. The van der Waals surface area contributed by atoms with E-state index in [1.165, 1.54) is 6.92 Å². The summed E-state index contributed by atoms with van der Waals surface area (Å²) in [7, 11) is 0. The van der Waals surface area contributed by atoms with Gasteiger partial charge in [-0.05, 0) is 31.5 Å². The molecule has 0 bridgehead atoms. The number of benzene rings is 1. The van der Waals surface area contributed by atoms with Crippen LogP contribution >= 0.6 is 11.6 Å². The standard InChI is InChI=1S/C12H15ClN2O3/c1-7(16)6-14-11(17)12(18)15-10-5-3-4-9(13)8(10)2/h3-5,7,16H,6H2,1-2H3,(H,14,17)(H,15,18)/t7-/m0/s1. The molecule has 2 amide bonds.